The Morgan fingerprint density at radius 3 is 1.84 bits per heavy atom. The summed E-state index contributed by atoms with van der Waals surface area (Å²) < 4.78 is 0. The van der Waals surface area contributed by atoms with Crippen LogP contribution in [0.4, 0.5) is 0 Å². The zero-order chi connectivity index (χ0) is 14.7. The van der Waals surface area contributed by atoms with Gasteiger partial charge in [0.25, 0.3) is 0 Å². The van der Waals surface area contributed by atoms with Crippen molar-refractivity contribution in [2.75, 3.05) is 19.6 Å². The van der Waals surface area contributed by atoms with Crippen LogP contribution in [0.15, 0.2) is 24.3 Å². The summed E-state index contributed by atoms with van der Waals surface area (Å²) in [6, 6.07) is 6.55. The number of phenols is 1. The molecule has 0 saturated carbocycles. The van der Waals surface area contributed by atoms with Gasteiger partial charge in [0, 0.05) is 6.42 Å². The van der Waals surface area contributed by atoms with E-state index in [1.165, 1.54) is 19.6 Å². The van der Waals surface area contributed by atoms with Crippen molar-refractivity contribution in [1.29, 1.82) is 0 Å². The van der Waals surface area contributed by atoms with Crippen LogP contribution in [0, 0.1) is 0 Å². The van der Waals surface area contributed by atoms with Crippen LogP contribution in [0.2, 0.25) is 0 Å². The number of rotatable bonds is 6. The highest BCUT2D eigenvalue weighted by Crippen LogP contribution is 2.10. The van der Waals surface area contributed by atoms with Crippen molar-refractivity contribution >= 4 is 5.97 Å². The summed E-state index contributed by atoms with van der Waals surface area (Å²) in [6.45, 7) is 10.1. The maximum absolute atomic E-state index is 10.2. The Hall–Kier alpha value is -1.55. The first-order chi connectivity index (χ1) is 9.03. The zero-order valence-corrected chi connectivity index (χ0v) is 12.1. The third kappa shape index (κ3) is 9.08. The fourth-order valence-electron chi connectivity index (χ4n) is 1.58. The van der Waals surface area contributed by atoms with E-state index in [1.807, 2.05) is 0 Å². The van der Waals surface area contributed by atoms with Crippen molar-refractivity contribution in [1.82, 2.24) is 4.90 Å². The minimum atomic E-state index is -0.803. The lowest BCUT2D eigenvalue weighted by molar-refractivity contribution is -0.136. The highest BCUT2D eigenvalue weighted by Gasteiger charge is 1.98. The molecule has 4 nitrogen and oxygen atoms in total. The van der Waals surface area contributed by atoms with E-state index in [0.717, 1.165) is 5.56 Å². The van der Waals surface area contributed by atoms with E-state index in [0.29, 0.717) is 6.42 Å². The molecule has 0 atom stereocenters. The molecular formula is C15H25NO3. The molecule has 19 heavy (non-hydrogen) atoms. The van der Waals surface area contributed by atoms with E-state index in [-0.39, 0.29) is 12.2 Å². The van der Waals surface area contributed by atoms with Crippen LogP contribution in [0.5, 0.6) is 5.75 Å². The molecule has 0 spiro atoms. The standard InChI is InChI=1S/C9H10O3.C6H15N/c10-8-4-1-7(2-5-8)3-6-9(11)12;1-4-7(5-2)6-3/h1-2,4-5,10H,3,6H2,(H,11,12);4-6H2,1-3H3. The minimum absolute atomic E-state index is 0.130. The van der Waals surface area contributed by atoms with E-state index in [9.17, 15) is 4.79 Å². The van der Waals surface area contributed by atoms with Crippen molar-refractivity contribution in [2.24, 2.45) is 0 Å². The lowest BCUT2D eigenvalue weighted by Gasteiger charge is -2.13. The third-order valence-electron chi connectivity index (χ3n) is 2.91. The molecule has 0 aliphatic rings. The fourth-order valence-corrected chi connectivity index (χ4v) is 1.58. The molecular weight excluding hydrogens is 242 g/mol. The number of aromatic hydroxyl groups is 1. The van der Waals surface area contributed by atoms with Gasteiger partial charge < -0.3 is 15.1 Å². The van der Waals surface area contributed by atoms with Crippen LogP contribution >= 0.6 is 0 Å². The van der Waals surface area contributed by atoms with Gasteiger partial charge in [0.05, 0.1) is 0 Å². The van der Waals surface area contributed by atoms with Crippen LogP contribution < -0.4 is 0 Å². The average molecular weight is 267 g/mol. The highest BCUT2D eigenvalue weighted by molar-refractivity contribution is 5.67. The number of aliphatic carboxylic acids is 1. The summed E-state index contributed by atoms with van der Waals surface area (Å²) in [4.78, 5) is 12.6. The smallest absolute Gasteiger partial charge is 0.303 e. The maximum Gasteiger partial charge on any atom is 0.303 e. The number of hydrogen-bond acceptors (Lipinski definition) is 3. The summed E-state index contributed by atoms with van der Waals surface area (Å²) in [7, 11) is 0. The summed E-state index contributed by atoms with van der Waals surface area (Å²) in [6.07, 6.45) is 0.639. The number of carboxylic acids is 1. The number of hydrogen-bond donors (Lipinski definition) is 2. The van der Waals surface area contributed by atoms with Gasteiger partial charge in [-0.05, 0) is 43.8 Å². The Morgan fingerprint density at radius 2 is 1.53 bits per heavy atom. The van der Waals surface area contributed by atoms with Gasteiger partial charge in [-0.25, -0.2) is 0 Å². The molecule has 108 valence electrons. The summed E-state index contributed by atoms with van der Waals surface area (Å²) in [5.41, 5.74) is 0.926. The van der Waals surface area contributed by atoms with Gasteiger partial charge >= 0.3 is 5.97 Å². The van der Waals surface area contributed by atoms with E-state index >= 15 is 0 Å². The van der Waals surface area contributed by atoms with E-state index < -0.39 is 5.97 Å². The first kappa shape index (κ1) is 17.4. The molecule has 0 bridgehead atoms. The van der Waals surface area contributed by atoms with Gasteiger partial charge in [0.15, 0.2) is 0 Å². The fraction of sp³-hybridized carbons (Fsp3) is 0.533. The lowest BCUT2D eigenvalue weighted by atomic mass is 10.1. The van der Waals surface area contributed by atoms with Crippen LogP contribution in [-0.4, -0.2) is 40.7 Å². The first-order valence-corrected chi connectivity index (χ1v) is 6.75. The zero-order valence-electron chi connectivity index (χ0n) is 12.1. The molecule has 0 aliphatic heterocycles. The molecule has 4 heteroatoms. The first-order valence-electron chi connectivity index (χ1n) is 6.75. The van der Waals surface area contributed by atoms with Gasteiger partial charge in [0.2, 0.25) is 0 Å². The summed E-state index contributed by atoms with van der Waals surface area (Å²) in [5, 5.41) is 17.3. The molecule has 0 unspecified atom stereocenters. The summed E-state index contributed by atoms with van der Waals surface area (Å²) in [5.74, 6) is -0.600. The molecule has 0 aliphatic carbocycles. The molecule has 2 N–H and O–H groups in total. The number of benzene rings is 1. The predicted molar refractivity (Wildman–Crippen MR) is 77.5 cm³/mol. The molecule has 1 rings (SSSR count). The number of nitrogens with zero attached hydrogens (tertiary/aromatic N) is 1. The van der Waals surface area contributed by atoms with Gasteiger partial charge in [0.1, 0.15) is 5.75 Å². The Kier molecular flexibility index (Phi) is 9.53. The monoisotopic (exact) mass is 267 g/mol. The van der Waals surface area contributed by atoms with Crippen molar-refractivity contribution in [2.45, 2.75) is 33.6 Å². The van der Waals surface area contributed by atoms with Crippen LogP contribution in [0.1, 0.15) is 32.8 Å². The van der Waals surface area contributed by atoms with Gasteiger partial charge in [-0.3, -0.25) is 4.79 Å². The molecule has 0 heterocycles. The second kappa shape index (κ2) is 10.4. The molecule has 0 saturated heterocycles. The SMILES string of the molecule is CCN(CC)CC.O=C(O)CCc1ccc(O)cc1. The molecule has 1 aromatic rings. The van der Waals surface area contributed by atoms with Crippen LogP contribution in [0.3, 0.4) is 0 Å². The molecule has 1 aromatic carbocycles. The summed E-state index contributed by atoms with van der Waals surface area (Å²) >= 11 is 0. The van der Waals surface area contributed by atoms with Crippen LogP contribution in [-0.2, 0) is 11.2 Å². The van der Waals surface area contributed by atoms with E-state index in [4.69, 9.17) is 10.2 Å². The van der Waals surface area contributed by atoms with Crippen molar-refractivity contribution in [3.8, 4) is 5.75 Å². The molecule has 0 amide bonds. The number of aryl methyl sites for hydroxylation is 1. The second-order valence-electron chi connectivity index (χ2n) is 4.18. The quantitative estimate of drug-likeness (QED) is 0.832. The predicted octanol–water partition coefficient (Wildman–Crippen LogP) is 2.76. The average Bonchev–Trinajstić information content (AvgIpc) is 2.41. The maximum atomic E-state index is 10.2. The number of carboxylic acid groups (broad SMARTS) is 1. The largest absolute Gasteiger partial charge is 0.508 e. The number of phenolic OH excluding ortho intramolecular Hbond substituents is 1. The topological polar surface area (TPSA) is 60.8 Å². The Bertz CT molecular complexity index is 339. The van der Waals surface area contributed by atoms with Crippen molar-refractivity contribution < 1.29 is 15.0 Å². The Labute approximate surface area is 115 Å². The molecule has 0 radical (unpaired) electrons. The van der Waals surface area contributed by atoms with Gasteiger partial charge in [-0.1, -0.05) is 32.9 Å². The normalized spacial score (nSPS) is 9.89. The second-order valence-corrected chi connectivity index (χ2v) is 4.18. The van der Waals surface area contributed by atoms with Crippen molar-refractivity contribution in [3.05, 3.63) is 29.8 Å². The van der Waals surface area contributed by atoms with Crippen molar-refractivity contribution in [3.63, 3.8) is 0 Å². The molecule has 0 fully saturated rings. The number of carbonyl (C=O) groups is 1. The van der Waals surface area contributed by atoms with Crippen LogP contribution in [0.25, 0.3) is 0 Å². The third-order valence-corrected chi connectivity index (χ3v) is 2.91. The Morgan fingerprint density at radius 1 is 1.05 bits per heavy atom. The van der Waals surface area contributed by atoms with Gasteiger partial charge in [-0.15, -0.1) is 0 Å². The Balaban J connectivity index is 0.000000399. The minimum Gasteiger partial charge on any atom is -0.508 e. The van der Waals surface area contributed by atoms with Gasteiger partial charge in [-0.2, -0.15) is 0 Å². The van der Waals surface area contributed by atoms with E-state index in [2.05, 4.69) is 25.7 Å². The highest BCUT2D eigenvalue weighted by atomic mass is 16.4. The molecule has 0 aromatic heterocycles. The lowest BCUT2D eigenvalue weighted by Crippen LogP contribution is -2.21. The van der Waals surface area contributed by atoms with E-state index in [1.54, 1.807) is 24.3 Å².